The lowest BCUT2D eigenvalue weighted by Crippen LogP contribution is -2.50. The zero-order valence-corrected chi connectivity index (χ0v) is 20.7. The average Bonchev–Trinajstić information content (AvgIpc) is 3.27. The van der Waals surface area contributed by atoms with Gasteiger partial charge in [0.15, 0.2) is 0 Å². The number of carbonyl (C=O) groups excluding carboxylic acids is 2. The number of carbonyl (C=O) groups is 2. The van der Waals surface area contributed by atoms with Gasteiger partial charge < -0.3 is 10.2 Å². The van der Waals surface area contributed by atoms with Gasteiger partial charge in [-0.1, -0.05) is 70.7 Å². The monoisotopic (exact) mass is 502 g/mol. The smallest absolute Gasteiger partial charge is 0.242 e. The van der Waals surface area contributed by atoms with E-state index in [1.165, 1.54) is 11.1 Å². The maximum absolute atomic E-state index is 13.2. The summed E-state index contributed by atoms with van der Waals surface area (Å²) >= 11 is 5.05. The molecule has 6 heteroatoms. The Labute approximate surface area is 198 Å². The summed E-state index contributed by atoms with van der Waals surface area (Å²) in [5.74, 6) is 1.07. The molecule has 0 aromatic heterocycles. The predicted octanol–water partition coefficient (Wildman–Crippen LogP) is 5.47. The van der Waals surface area contributed by atoms with Gasteiger partial charge in [0.25, 0.3) is 0 Å². The van der Waals surface area contributed by atoms with Crippen molar-refractivity contribution >= 4 is 39.5 Å². The van der Waals surface area contributed by atoms with Gasteiger partial charge in [-0.25, -0.2) is 0 Å². The largest absolute Gasteiger partial charge is 0.352 e. The molecule has 0 spiro atoms. The van der Waals surface area contributed by atoms with Crippen molar-refractivity contribution in [3.05, 3.63) is 69.7 Å². The Bertz CT molecular complexity index is 864. The first-order valence-corrected chi connectivity index (χ1v) is 12.8. The van der Waals surface area contributed by atoms with Crippen molar-refractivity contribution in [2.45, 2.75) is 63.9 Å². The van der Waals surface area contributed by atoms with E-state index in [-0.39, 0.29) is 17.9 Å². The molecule has 0 aliphatic heterocycles. The molecule has 1 unspecified atom stereocenters. The molecule has 2 aromatic rings. The Morgan fingerprint density at radius 3 is 2.32 bits per heavy atom. The number of thioether (sulfide) groups is 1. The van der Waals surface area contributed by atoms with Crippen molar-refractivity contribution in [3.8, 4) is 0 Å². The minimum atomic E-state index is -0.503. The number of hydrogen-bond acceptors (Lipinski definition) is 3. The Morgan fingerprint density at radius 1 is 1.06 bits per heavy atom. The van der Waals surface area contributed by atoms with Crippen LogP contribution in [0.5, 0.6) is 0 Å². The third kappa shape index (κ3) is 7.39. The number of rotatable bonds is 9. The molecule has 1 aliphatic carbocycles. The van der Waals surface area contributed by atoms with Crippen LogP contribution in [0.4, 0.5) is 0 Å². The number of benzene rings is 2. The molecule has 2 amide bonds. The van der Waals surface area contributed by atoms with Gasteiger partial charge in [0, 0.05) is 22.8 Å². The van der Waals surface area contributed by atoms with Crippen molar-refractivity contribution in [2.75, 3.05) is 5.75 Å². The Hall–Kier alpha value is -1.79. The molecule has 166 valence electrons. The summed E-state index contributed by atoms with van der Waals surface area (Å²) in [6.45, 7) is 4.33. The third-order valence-corrected chi connectivity index (χ3v) is 7.27. The van der Waals surface area contributed by atoms with Crippen LogP contribution >= 0.6 is 27.7 Å². The molecule has 0 heterocycles. The van der Waals surface area contributed by atoms with Gasteiger partial charge in [0.05, 0.1) is 5.75 Å². The van der Waals surface area contributed by atoms with Gasteiger partial charge in [-0.2, -0.15) is 0 Å². The summed E-state index contributed by atoms with van der Waals surface area (Å²) in [4.78, 5) is 27.8. The van der Waals surface area contributed by atoms with Crippen molar-refractivity contribution in [1.82, 2.24) is 10.2 Å². The van der Waals surface area contributed by atoms with Crippen LogP contribution in [0, 0.1) is 6.92 Å². The van der Waals surface area contributed by atoms with E-state index < -0.39 is 6.04 Å². The van der Waals surface area contributed by atoms with Crippen molar-refractivity contribution < 1.29 is 9.59 Å². The molecule has 1 saturated carbocycles. The summed E-state index contributed by atoms with van der Waals surface area (Å²) in [5, 5.41) is 3.15. The molecule has 0 bridgehead atoms. The van der Waals surface area contributed by atoms with Crippen LogP contribution in [0.3, 0.4) is 0 Å². The second-order valence-corrected chi connectivity index (χ2v) is 10.2. The number of nitrogens with zero attached hydrogens (tertiary/aromatic N) is 1. The lowest BCUT2D eigenvalue weighted by atomic mass is 10.1. The molecule has 1 fully saturated rings. The summed E-state index contributed by atoms with van der Waals surface area (Å²) in [6, 6.07) is 16.0. The fourth-order valence-corrected chi connectivity index (χ4v) is 4.92. The first kappa shape index (κ1) is 23.9. The van der Waals surface area contributed by atoms with E-state index in [4.69, 9.17) is 0 Å². The predicted molar refractivity (Wildman–Crippen MR) is 132 cm³/mol. The van der Waals surface area contributed by atoms with Gasteiger partial charge in [-0.05, 0) is 49.9 Å². The number of hydrogen-bond donors (Lipinski definition) is 1. The Morgan fingerprint density at radius 2 is 1.68 bits per heavy atom. The minimum Gasteiger partial charge on any atom is -0.352 e. The van der Waals surface area contributed by atoms with E-state index >= 15 is 0 Å². The molecule has 1 aliphatic rings. The topological polar surface area (TPSA) is 49.4 Å². The molecule has 3 rings (SSSR count). The molecular formula is C25H31BrN2O2S. The normalized spacial score (nSPS) is 14.9. The van der Waals surface area contributed by atoms with E-state index in [0.29, 0.717) is 12.3 Å². The van der Waals surface area contributed by atoms with Gasteiger partial charge >= 0.3 is 0 Å². The second kappa shape index (κ2) is 11.7. The lowest BCUT2D eigenvalue weighted by Gasteiger charge is -2.29. The van der Waals surface area contributed by atoms with Crippen LogP contribution in [-0.4, -0.2) is 34.6 Å². The summed E-state index contributed by atoms with van der Waals surface area (Å²) < 4.78 is 0.995. The van der Waals surface area contributed by atoms with E-state index in [1.807, 2.05) is 31.2 Å². The van der Waals surface area contributed by atoms with Crippen LogP contribution in [0.15, 0.2) is 53.0 Å². The highest BCUT2D eigenvalue weighted by Gasteiger charge is 2.28. The van der Waals surface area contributed by atoms with E-state index in [9.17, 15) is 9.59 Å². The van der Waals surface area contributed by atoms with Crippen molar-refractivity contribution in [2.24, 2.45) is 0 Å². The van der Waals surface area contributed by atoms with Gasteiger partial charge in [0.1, 0.15) is 6.04 Å². The molecule has 0 saturated heterocycles. The zero-order valence-electron chi connectivity index (χ0n) is 18.3. The first-order valence-electron chi connectivity index (χ1n) is 10.9. The molecule has 2 aromatic carbocycles. The van der Waals surface area contributed by atoms with Crippen LogP contribution in [0.2, 0.25) is 0 Å². The number of nitrogens with one attached hydrogen (secondary N) is 1. The highest BCUT2D eigenvalue weighted by molar-refractivity contribution is 9.10. The van der Waals surface area contributed by atoms with Gasteiger partial charge in [-0.15, -0.1) is 11.8 Å². The third-order valence-electron chi connectivity index (χ3n) is 5.75. The van der Waals surface area contributed by atoms with Gasteiger partial charge in [-0.3, -0.25) is 9.59 Å². The fourth-order valence-electron chi connectivity index (χ4n) is 3.78. The summed E-state index contributed by atoms with van der Waals surface area (Å²) in [7, 11) is 0. The molecule has 1 N–H and O–H groups in total. The molecular weight excluding hydrogens is 472 g/mol. The quantitative estimate of drug-likeness (QED) is 0.494. The minimum absolute atomic E-state index is 0.00546. The number of amides is 2. The highest BCUT2D eigenvalue weighted by atomic mass is 79.9. The van der Waals surface area contributed by atoms with E-state index in [0.717, 1.165) is 41.5 Å². The summed E-state index contributed by atoms with van der Waals surface area (Å²) in [5.41, 5.74) is 3.45. The molecule has 0 radical (unpaired) electrons. The number of halogens is 1. The Balaban J connectivity index is 1.64. The Kier molecular flexibility index (Phi) is 9.02. The lowest BCUT2D eigenvalue weighted by molar-refractivity contribution is -0.138. The first-order chi connectivity index (χ1) is 14.9. The maximum atomic E-state index is 13.2. The summed E-state index contributed by atoms with van der Waals surface area (Å²) in [6.07, 6.45) is 4.39. The van der Waals surface area contributed by atoms with Crippen molar-refractivity contribution in [1.29, 1.82) is 0 Å². The van der Waals surface area contributed by atoms with Gasteiger partial charge in [0.2, 0.25) is 11.8 Å². The van der Waals surface area contributed by atoms with Crippen LogP contribution in [0.1, 0.15) is 49.3 Å². The van der Waals surface area contributed by atoms with Crippen LogP contribution in [0.25, 0.3) is 0 Å². The SMILES string of the molecule is Cc1ccc(CSCC(=O)N(Cc2ccc(Br)cc2)C(C)C(=O)NC2CCCC2)cc1. The highest BCUT2D eigenvalue weighted by Crippen LogP contribution is 2.20. The van der Waals surface area contributed by atoms with E-state index in [1.54, 1.807) is 16.7 Å². The van der Waals surface area contributed by atoms with Crippen LogP contribution < -0.4 is 5.32 Å². The second-order valence-electron chi connectivity index (χ2n) is 8.29. The maximum Gasteiger partial charge on any atom is 0.242 e. The standard InChI is InChI=1S/C25H31BrN2O2S/c1-18-7-9-21(10-8-18)16-31-17-24(29)28(15-20-11-13-22(26)14-12-20)19(2)25(30)27-23-5-3-4-6-23/h7-14,19,23H,3-6,15-17H2,1-2H3,(H,27,30). The average molecular weight is 504 g/mol. The van der Waals surface area contributed by atoms with E-state index in [2.05, 4.69) is 52.4 Å². The molecule has 4 nitrogen and oxygen atoms in total. The fraction of sp³-hybridized carbons (Fsp3) is 0.440. The van der Waals surface area contributed by atoms with Crippen LogP contribution in [-0.2, 0) is 21.9 Å². The van der Waals surface area contributed by atoms with Crippen molar-refractivity contribution in [3.63, 3.8) is 0 Å². The molecule has 31 heavy (non-hydrogen) atoms. The zero-order chi connectivity index (χ0) is 22.2. The number of aryl methyl sites for hydroxylation is 1. The molecule has 1 atom stereocenters.